The van der Waals surface area contributed by atoms with Gasteiger partial charge in [0, 0.05) is 30.5 Å². The molecule has 2 N–H and O–H groups in total. The number of ketones is 1. The molecule has 0 radical (unpaired) electrons. The van der Waals surface area contributed by atoms with Gasteiger partial charge in [-0.3, -0.25) is 9.48 Å². The zero-order valence-corrected chi connectivity index (χ0v) is 15.1. The number of carbonyl (C=O) groups is 1. The Balaban J connectivity index is 2.28. The van der Waals surface area contributed by atoms with Gasteiger partial charge in [-0.15, -0.1) is 0 Å². The second-order valence-electron chi connectivity index (χ2n) is 7.46. The fraction of sp³-hybridized carbons (Fsp3) is 0.500. The van der Waals surface area contributed by atoms with E-state index in [1.54, 1.807) is 0 Å². The number of alkyl halides is 3. The van der Waals surface area contributed by atoms with Crippen LogP contribution in [0.15, 0.2) is 29.0 Å². The summed E-state index contributed by atoms with van der Waals surface area (Å²) in [6.45, 7) is 5.25. The molecule has 0 spiro atoms. The van der Waals surface area contributed by atoms with Crippen LogP contribution in [0.4, 0.5) is 13.2 Å². The topological polar surface area (TPSA) is 93.9 Å². The van der Waals surface area contributed by atoms with Crippen molar-refractivity contribution in [2.24, 2.45) is 11.1 Å². The van der Waals surface area contributed by atoms with E-state index in [1.165, 1.54) is 6.92 Å². The third kappa shape index (κ3) is 3.09. The van der Waals surface area contributed by atoms with Crippen LogP contribution >= 0.6 is 0 Å². The van der Waals surface area contributed by atoms with Gasteiger partial charge in [-0.1, -0.05) is 13.8 Å². The van der Waals surface area contributed by atoms with Crippen molar-refractivity contribution in [2.45, 2.75) is 52.3 Å². The number of nitrogens with zero attached hydrogens (tertiary/aromatic N) is 3. The number of hydrogen-bond acceptors (Lipinski definition) is 5. The van der Waals surface area contributed by atoms with E-state index in [1.807, 2.05) is 19.9 Å². The maximum atomic E-state index is 13.7. The van der Waals surface area contributed by atoms with Gasteiger partial charge in [0.2, 0.25) is 5.88 Å². The van der Waals surface area contributed by atoms with Crippen molar-refractivity contribution in [3.63, 3.8) is 0 Å². The smallest absolute Gasteiger partial charge is 0.433 e. The number of nitrogens with two attached hydrogens (primary N) is 1. The molecule has 1 aromatic rings. The molecule has 1 atom stereocenters. The summed E-state index contributed by atoms with van der Waals surface area (Å²) in [4.78, 5) is 12.8. The molecule has 0 fully saturated rings. The van der Waals surface area contributed by atoms with Crippen LogP contribution in [-0.2, 0) is 22.3 Å². The second kappa shape index (κ2) is 6.15. The molecule has 144 valence electrons. The minimum atomic E-state index is -4.70. The fourth-order valence-corrected chi connectivity index (χ4v) is 3.76. The van der Waals surface area contributed by atoms with E-state index in [-0.39, 0.29) is 47.1 Å². The Morgan fingerprint density at radius 3 is 2.67 bits per heavy atom. The zero-order chi connectivity index (χ0) is 20.1. The van der Waals surface area contributed by atoms with E-state index in [0.29, 0.717) is 6.42 Å². The molecular weight excluding hydrogens is 361 g/mol. The molecule has 0 bridgehead atoms. The average molecular weight is 380 g/mol. The summed E-state index contributed by atoms with van der Waals surface area (Å²) in [5.41, 5.74) is 4.05. The normalized spacial score (nSPS) is 22.4. The number of ether oxygens (including phenoxy) is 1. The third-order valence-corrected chi connectivity index (χ3v) is 4.82. The molecule has 2 heterocycles. The van der Waals surface area contributed by atoms with Crippen LogP contribution in [0.2, 0.25) is 0 Å². The Bertz CT molecular complexity index is 916. The first kappa shape index (κ1) is 19.0. The van der Waals surface area contributed by atoms with Crippen molar-refractivity contribution in [1.82, 2.24) is 9.78 Å². The molecule has 27 heavy (non-hydrogen) atoms. The summed E-state index contributed by atoms with van der Waals surface area (Å²) in [6, 6.07) is 1.82. The van der Waals surface area contributed by atoms with Crippen molar-refractivity contribution in [3.05, 3.63) is 40.2 Å². The summed E-state index contributed by atoms with van der Waals surface area (Å²) < 4.78 is 47.5. The lowest BCUT2D eigenvalue weighted by Gasteiger charge is -2.37. The number of halogens is 3. The number of aryl methyl sites for hydroxylation is 1. The van der Waals surface area contributed by atoms with Crippen LogP contribution < -0.4 is 5.73 Å². The summed E-state index contributed by atoms with van der Waals surface area (Å²) >= 11 is 0. The molecule has 1 aromatic heterocycles. The van der Waals surface area contributed by atoms with E-state index in [2.05, 4.69) is 5.10 Å². The van der Waals surface area contributed by atoms with Crippen LogP contribution in [-0.4, -0.2) is 15.6 Å². The standard InChI is InChI=1S/C18H19F3N4O2/c1-4-25-15(18(19,20)21)10(8-24-25)13-9(7-22)16(23)27-12-6-17(2,3)5-11(26)14(12)13/h8,13H,4-6,23H2,1-3H3/t13-/m0/s1. The molecule has 3 rings (SSSR count). The molecule has 0 saturated carbocycles. The Kier molecular flexibility index (Phi) is 4.33. The van der Waals surface area contributed by atoms with E-state index in [9.17, 15) is 23.2 Å². The molecule has 0 saturated heterocycles. The van der Waals surface area contributed by atoms with Crippen molar-refractivity contribution < 1.29 is 22.7 Å². The second-order valence-corrected chi connectivity index (χ2v) is 7.46. The largest absolute Gasteiger partial charge is 0.444 e. The van der Waals surface area contributed by atoms with Crippen molar-refractivity contribution in [3.8, 4) is 6.07 Å². The van der Waals surface area contributed by atoms with Crippen molar-refractivity contribution in [1.29, 1.82) is 5.26 Å². The van der Waals surface area contributed by atoms with E-state index >= 15 is 0 Å². The predicted molar refractivity (Wildman–Crippen MR) is 88.6 cm³/mol. The minimum absolute atomic E-state index is 0.00791. The minimum Gasteiger partial charge on any atom is -0.444 e. The highest BCUT2D eigenvalue weighted by Crippen LogP contribution is 2.49. The molecule has 2 aliphatic rings. The molecule has 0 aromatic carbocycles. The van der Waals surface area contributed by atoms with Gasteiger partial charge in [0.25, 0.3) is 0 Å². The lowest BCUT2D eigenvalue weighted by molar-refractivity contribution is -0.145. The number of hydrogen-bond donors (Lipinski definition) is 1. The van der Waals surface area contributed by atoms with Gasteiger partial charge in [0.15, 0.2) is 5.78 Å². The van der Waals surface area contributed by atoms with E-state index < -0.39 is 23.2 Å². The fourth-order valence-electron chi connectivity index (χ4n) is 3.76. The van der Waals surface area contributed by atoms with Crippen LogP contribution in [0.1, 0.15) is 50.8 Å². The maximum Gasteiger partial charge on any atom is 0.433 e. The van der Waals surface area contributed by atoms with Gasteiger partial charge in [0.05, 0.1) is 12.1 Å². The highest BCUT2D eigenvalue weighted by molar-refractivity contribution is 6.00. The van der Waals surface area contributed by atoms with Crippen LogP contribution in [0.5, 0.6) is 0 Å². The first-order valence-corrected chi connectivity index (χ1v) is 8.47. The molecule has 9 heteroatoms. The Morgan fingerprint density at radius 2 is 2.11 bits per heavy atom. The Labute approximate surface area is 154 Å². The first-order chi connectivity index (χ1) is 12.5. The van der Waals surface area contributed by atoms with Gasteiger partial charge in [-0.2, -0.15) is 23.5 Å². The van der Waals surface area contributed by atoms with Crippen molar-refractivity contribution in [2.75, 3.05) is 0 Å². The zero-order valence-electron chi connectivity index (χ0n) is 15.1. The van der Waals surface area contributed by atoms with Gasteiger partial charge in [-0.25, -0.2) is 0 Å². The number of aromatic nitrogens is 2. The monoisotopic (exact) mass is 380 g/mol. The van der Waals surface area contributed by atoms with Crippen LogP contribution in [0.25, 0.3) is 0 Å². The average Bonchev–Trinajstić information content (AvgIpc) is 2.96. The highest BCUT2D eigenvalue weighted by atomic mass is 19.4. The quantitative estimate of drug-likeness (QED) is 0.849. The summed E-state index contributed by atoms with van der Waals surface area (Å²) in [6.07, 6.45) is -3.15. The molecule has 0 unspecified atom stereocenters. The van der Waals surface area contributed by atoms with E-state index in [0.717, 1.165) is 10.9 Å². The maximum absolute atomic E-state index is 13.7. The van der Waals surface area contributed by atoms with Gasteiger partial charge in [-0.05, 0) is 12.3 Å². The van der Waals surface area contributed by atoms with Gasteiger partial charge < -0.3 is 10.5 Å². The number of rotatable bonds is 2. The number of nitriles is 1. The van der Waals surface area contributed by atoms with Gasteiger partial charge >= 0.3 is 6.18 Å². The van der Waals surface area contributed by atoms with Crippen LogP contribution in [0, 0.1) is 16.7 Å². The first-order valence-electron chi connectivity index (χ1n) is 8.47. The SMILES string of the molecule is CCn1ncc([C@@H]2C(C#N)=C(N)OC3=C2C(=O)CC(C)(C)C3)c1C(F)(F)F. The summed E-state index contributed by atoms with van der Waals surface area (Å²) in [5.74, 6) is -1.62. The van der Waals surface area contributed by atoms with Crippen molar-refractivity contribution >= 4 is 5.78 Å². The summed E-state index contributed by atoms with van der Waals surface area (Å²) in [7, 11) is 0. The van der Waals surface area contributed by atoms with Crippen LogP contribution in [0.3, 0.4) is 0 Å². The lowest BCUT2D eigenvalue weighted by atomic mass is 9.70. The van der Waals surface area contributed by atoms with Gasteiger partial charge in [0.1, 0.15) is 23.1 Å². The third-order valence-electron chi connectivity index (χ3n) is 4.82. The Hall–Kier alpha value is -2.76. The lowest BCUT2D eigenvalue weighted by Crippen LogP contribution is -2.34. The molecule has 1 aliphatic heterocycles. The Morgan fingerprint density at radius 1 is 1.44 bits per heavy atom. The predicted octanol–water partition coefficient (Wildman–Crippen LogP) is 3.37. The summed E-state index contributed by atoms with van der Waals surface area (Å²) in [5, 5.41) is 13.3. The number of allylic oxidation sites excluding steroid dienone is 3. The molecule has 1 aliphatic carbocycles. The number of carbonyl (C=O) groups excluding carboxylic acids is 1. The van der Waals surface area contributed by atoms with E-state index in [4.69, 9.17) is 10.5 Å². The number of Topliss-reactive ketones (excluding diaryl/α,β-unsaturated/α-hetero) is 1. The molecular formula is C18H19F3N4O2. The molecule has 6 nitrogen and oxygen atoms in total. The highest BCUT2D eigenvalue weighted by Gasteiger charge is 2.47. The molecule has 0 amide bonds.